The van der Waals surface area contributed by atoms with Crippen LogP contribution in [-0.2, 0) is 32.5 Å². The summed E-state index contributed by atoms with van der Waals surface area (Å²) in [6, 6.07) is 11.1. The molecule has 1 aliphatic heterocycles. The first-order valence-electron chi connectivity index (χ1n) is 11.5. The molecular weight excluding hydrogens is 504 g/mol. The van der Waals surface area contributed by atoms with E-state index >= 15 is 0 Å². The van der Waals surface area contributed by atoms with Crippen LogP contribution in [0.25, 0.3) is 0 Å². The van der Waals surface area contributed by atoms with Gasteiger partial charge in [-0.25, -0.2) is 8.42 Å². The van der Waals surface area contributed by atoms with E-state index in [0.29, 0.717) is 23.4 Å². The second-order valence-corrected chi connectivity index (χ2v) is 11.3. The fourth-order valence-electron chi connectivity index (χ4n) is 4.19. The third-order valence-electron chi connectivity index (χ3n) is 6.00. The summed E-state index contributed by atoms with van der Waals surface area (Å²) in [5.74, 6) is 0. The predicted octanol–water partition coefficient (Wildman–Crippen LogP) is 4.80. The van der Waals surface area contributed by atoms with E-state index in [1.54, 1.807) is 23.5 Å². The average Bonchev–Trinajstić information content (AvgIpc) is 2.80. The minimum atomic E-state index is -3.58. The number of sulfonamides is 1. The molecule has 8 heteroatoms. The summed E-state index contributed by atoms with van der Waals surface area (Å²) in [6.07, 6.45) is 4.43. The van der Waals surface area contributed by atoms with Crippen LogP contribution in [0.3, 0.4) is 0 Å². The molecule has 2 heterocycles. The molecule has 3 rings (SSSR count). The van der Waals surface area contributed by atoms with Crippen LogP contribution in [0, 0.1) is 13.8 Å². The summed E-state index contributed by atoms with van der Waals surface area (Å²) < 4.78 is 39.7. The van der Waals surface area contributed by atoms with Gasteiger partial charge in [0.15, 0.2) is 0 Å². The van der Waals surface area contributed by atoms with E-state index in [9.17, 15) is 8.42 Å². The molecule has 33 heavy (non-hydrogen) atoms. The third-order valence-corrected chi connectivity index (χ3v) is 8.68. The van der Waals surface area contributed by atoms with Crippen LogP contribution < -0.4 is 0 Å². The van der Waals surface area contributed by atoms with Crippen LogP contribution in [0.2, 0.25) is 0 Å². The lowest BCUT2D eigenvalue weighted by Gasteiger charge is -2.37. The van der Waals surface area contributed by atoms with E-state index in [0.717, 1.165) is 61.2 Å². The largest absolute Gasteiger partial charge is 0.385 e. The van der Waals surface area contributed by atoms with E-state index < -0.39 is 10.0 Å². The number of halogens is 1. The molecule has 0 bridgehead atoms. The van der Waals surface area contributed by atoms with E-state index in [1.807, 2.05) is 32.0 Å². The van der Waals surface area contributed by atoms with Crippen LogP contribution in [0.4, 0.5) is 0 Å². The van der Waals surface area contributed by atoms with Gasteiger partial charge in [-0.3, -0.25) is 4.98 Å². The van der Waals surface area contributed by atoms with Crippen LogP contribution in [0.5, 0.6) is 0 Å². The summed E-state index contributed by atoms with van der Waals surface area (Å²) in [7, 11) is -1.86. The Balaban J connectivity index is 1.65. The van der Waals surface area contributed by atoms with Gasteiger partial charge in [-0.2, -0.15) is 4.31 Å². The van der Waals surface area contributed by atoms with E-state index in [4.69, 9.17) is 9.47 Å². The SMILES string of the molecule is COCCCCc1cc(COC2CCC(CBr)N(S(=O)(=O)c3ccc(C)cc3)C2)cc(C)n1. The van der Waals surface area contributed by atoms with Crippen molar-refractivity contribution in [2.45, 2.75) is 69.6 Å². The summed E-state index contributed by atoms with van der Waals surface area (Å²) >= 11 is 3.51. The summed E-state index contributed by atoms with van der Waals surface area (Å²) in [5, 5.41) is 0.612. The maximum Gasteiger partial charge on any atom is 0.243 e. The maximum atomic E-state index is 13.4. The lowest BCUT2D eigenvalue weighted by molar-refractivity contribution is -0.00172. The molecule has 0 spiro atoms. The fraction of sp³-hybridized carbons (Fsp3) is 0.560. The molecule has 182 valence electrons. The smallest absolute Gasteiger partial charge is 0.243 e. The molecule has 0 amide bonds. The molecule has 0 aliphatic carbocycles. The van der Waals surface area contributed by atoms with Gasteiger partial charge in [0.25, 0.3) is 0 Å². The number of pyridine rings is 1. The number of unbranched alkanes of at least 4 members (excludes halogenated alkanes) is 1. The number of rotatable bonds is 11. The lowest BCUT2D eigenvalue weighted by atomic mass is 10.0. The van der Waals surface area contributed by atoms with E-state index in [1.165, 1.54) is 0 Å². The Hall–Kier alpha value is -1.32. The Labute approximate surface area is 206 Å². The number of benzene rings is 1. The van der Waals surface area contributed by atoms with Gasteiger partial charge in [-0.1, -0.05) is 33.6 Å². The molecule has 1 aliphatic rings. The molecule has 0 N–H and O–H groups in total. The van der Waals surface area contributed by atoms with Crippen LogP contribution in [0.1, 0.15) is 48.2 Å². The Morgan fingerprint density at radius 2 is 1.88 bits per heavy atom. The molecule has 6 nitrogen and oxygen atoms in total. The van der Waals surface area contributed by atoms with Crippen LogP contribution >= 0.6 is 15.9 Å². The second kappa shape index (κ2) is 12.4. The summed E-state index contributed by atoms with van der Waals surface area (Å²) in [5.41, 5.74) is 4.16. The van der Waals surface area contributed by atoms with Crippen molar-refractivity contribution in [2.75, 3.05) is 25.6 Å². The van der Waals surface area contributed by atoms with Gasteiger partial charge in [0, 0.05) is 43.0 Å². The predicted molar refractivity (Wildman–Crippen MR) is 134 cm³/mol. The number of ether oxygens (including phenoxy) is 2. The number of methoxy groups -OCH3 is 1. The van der Waals surface area contributed by atoms with Gasteiger partial charge in [0.2, 0.25) is 10.0 Å². The van der Waals surface area contributed by atoms with Crippen molar-refractivity contribution in [3.8, 4) is 0 Å². The van der Waals surface area contributed by atoms with Crippen molar-refractivity contribution in [1.29, 1.82) is 0 Å². The highest BCUT2D eigenvalue weighted by Gasteiger charge is 2.37. The van der Waals surface area contributed by atoms with Crippen molar-refractivity contribution in [3.05, 3.63) is 58.9 Å². The van der Waals surface area contributed by atoms with Gasteiger partial charge in [0.1, 0.15) is 0 Å². The topological polar surface area (TPSA) is 68.7 Å². The molecular formula is C25H35BrN2O4S. The van der Waals surface area contributed by atoms with Crippen molar-refractivity contribution in [3.63, 3.8) is 0 Å². The molecule has 1 fully saturated rings. The molecule has 1 aromatic carbocycles. The maximum absolute atomic E-state index is 13.4. The van der Waals surface area contributed by atoms with E-state index in [2.05, 4.69) is 27.0 Å². The van der Waals surface area contributed by atoms with Crippen molar-refractivity contribution in [1.82, 2.24) is 9.29 Å². The standard InChI is InChI=1S/C25H35BrN2O4S/c1-19-7-11-25(12-8-19)33(29,30)28-17-24(10-9-23(28)16-26)32-18-21-14-20(2)27-22(15-21)6-4-5-13-31-3/h7-8,11-12,14-15,23-24H,4-6,9-10,13,16-18H2,1-3H3. The Morgan fingerprint density at radius 3 is 2.58 bits per heavy atom. The highest BCUT2D eigenvalue weighted by Crippen LogP contribution is 2.28. The normalized spacial score (nSPS) is 19.6. The molecule has 2 aromatic rings. The first kappa shape index (κ1) is 26.3. The summed E-state index contributed by atoms with van der Waals surface area (Å²) in [6.45, 7) is 5.53. The number of hydrogen-bond acceptors (Lipinski definition) is 5. The third kappa shape index (κ3) is 7.33. The monoisotopic (exact) mass is 538 g/mol. The molecule has 0 radical (unpaired) electrons. The number of hydrogen-bond donors (Lipinski definition) is 0. The van der Waals surface area contributed by atoms with Gasteiger partial charge in [0.05, 0.1) is 17.6 Å². The quantitative estimate of drug-likeness (QED) is 0.303. The molecule has 2 atom stereocenters. The number of alkyl halides is 1. The first-order valence-corrected chi connectivity index (χ1v) is 14.1. The Bertz CT molecular complexity index is 998. The number of nitrogens with zero attached hydrogens (tertiary/aromatic N) is 2. The van der Waals surface area contributed by atoms with Gasteiger partial charge >= 0.3 is 0 Å². The van der Waals surface area contributed by atoms with Crippen LogP contribution in [-0.4, -0.2) is 55.4 Å². The first-order chi connectivity index (χ1) is 15.8. The second-order valence-electron chi connectivity index (χ2n) is 8.76. The number of aromatic nitrogens is 1. The average molecular weight is 540 g/mol. The summed E-state index contributed by atoms with van der Waals surface area (Å²) in [4.78, 5) is 4.98. The molecule has 1 aromatic heterocycles. The van der Waals surface area contributed by atoms with E-state index in [-0.39, 0.29) is 12.1 Å². The molecule has 1 saturated heterocycles. The van der Waals surface area contributed by atoms with Crippen molar-refractivity contribution in [2.24, 2.45) is 0 Å². The minimum absolute atomic E-state index is 0.0713. The molecule has 2 unspecified atom stereocenters. The zero-order valence-electron chi connectivity index (χ0n) is 19.8. The highest BCUT2D eigenvalue weighted by atomic mass is 79.9. The highest BCUT2D eigenvalue weighted by molar-refractivity contribution is 9.09. The number of aryl methyl sites for hydroxylation is 3. The lowest BCUT2D eigenvalue weighted by Crippen LogP contribution is -2.50. The zero-order chi connectivity index (χ0) is 23.8. The van der Waals surface area contributed by atoms with Gasteiger partial charge in [-0.15, -0.1) is 0 Å². The Kier molecular flexibility index (Phi) is 9.88. The van der Waals surface area contributed by atoms with Crippen molar-refractivity contribution >= 4 is 26.0 Å². The van der Waals surface area contributed by atoms with Crippen molar-refractivity contribution < 1.29 is 17.9 Å². The molecule has 0 saturated carbocycles. The minimum Gasteiger partial charge on any atom is -0.385 e. The van der Waals surface area contributed by atoms with Gasteiger partial charge < -0.3 is 9.47 Å². The number of piperidine rings is 1. The zero-order valence-corrected chi connectivity index (χ0v) is 22.2. The fourth-order valence-corrected chi connectivity index (χ4v) is 6.74. The Morgan fingerprint density at radius 1 is 1.12 bits per heavy atom. The van der Waals surface area contributed by atoms with Gasteiger partial charge in [-0.05, 0) is 75.8 Å². The van der Waals surface area contributed by atoms with Crippen LogP contribution in [0.15, 0.2) is 41.3 Å².